The van der Waals surface area contributed by atoms with Crippen molar-refractivity contribution < 1.29 is 14.6 Å². The van der Waals surface area contributed by atoms with Crippen LogP contribution in [0.4, 0.5) is 0 Å². The van der Waals surface area contributed by atoms with Crippen molar-refractivity contribution in [3.05, 3.63) is 35.5 Å². The molecule has 0 saturated carbocycles. The molecule has 0 saturated heterocycles. The molecule has 1 aromatic carbocycles. The zero-order valence-corrected chi connectivity index (χ0v) is 12.2. The summed E-state index contributed by atoms with van der Waals surface area (Å²) in [6.07, 6.45) is 3.05. The number of fused-ring (bicyclic) bond motifs is 1. The number of hydrogen-bond acceptors (Lipinski definition) is 2. The lowest BCUT2D eigenvalue weighted by Crippen LogP contribution is -2.02. The summed E-state index contributed by atoms with van der Waals surface area (Å²) >= 11 is 0. The largest absolute Gasteiger partial charge is 0.478 e. The molecule has 1 heterocycles. The Morgan fingerprint density at radius 1 is 1.40 bits per heavy atom. The van der Waals surface area contributed by atoms with Crippen LogP contribution in [0.2, 0.25) is 0 Å². The van der Waals surface area contributed by atoms with Crippen molar-refractivity contribution in [2.75, 3.05) is 6.61 Å². The molecule has 2 aromatic rings. The van der Waals surface area contributed by atoms with Crippen LogP contribution >= 0.6 is 0 Å². The Morgan fingerprint density at radius 2 is 2.15 bits per heavy atom. The number of aromatic nitrogens is 1. The van der Waals surface area contributed by atoms with Gasteiger partial charge >= 0.3 is 5.97 Å². The molecule has 0 bridgehead atoms. The Kier molecular flexibility index (Phi) is 4.45. The van der Waals surface area contributed by atoms with Crippen molar-refractivity contribution in [1.29, 1.82) is 0 Å². The third kappa shape index (κ3) is 2.85. The van der Waals surface area contributed by atoms with Crippen molar-refractivity contribution >= 4 is 16.9 Å². The molecule has 108 valence electrons. The molecule has 1 aromatic heterocycles. The zero-order chi connectivity index (χ0) is 14.7. The molecule has 2 rings (SSSR count). The van der Waals surface area contributed by atoms with Crippen LogP contribution in [-0.2, 0) is 11.5 Å². The van der Waals surface area contributed by atoms with Crippen LogP contribution in [0.15, 0.2) is 24.4 Å². The fourth-order valence-corrected chi connectivity index (χ4v) is 2.33. The number of aromatic carboxylic acids is 1. The van der Waals surface area contributed by atoms with E-state index < -0.39 is 5.97 Å². The van der Waals surface area contributed by atoms with Crippen molar-refractivity contribution in [3.63, 3.8) is 0 Å². The predicted octanol–water partition coefficient (Wildman–Crippen LogP) is 3.85. The maximum atomic E-state index is 11.1. The minimum absolute atomic E-state index is 0.326. The quantitative estimate of drug-likeness (QED) is 0.815. The lowest BCUT2D eigenvalue weighted by Gasteiger charge is -2.06. The van der Waals surface area contributed by atoms with E-state index in [2.05, 4.69) is 27.0 Å². The van der Waals surface area contributed by atoms with Gasteiger partial charge in [0.25, 0.3) is 0 Å². The first-order chi connectivity index (χ1) is 9.54. The lowest BCUT2D eigenvalue weighted by molar-refractivity contribution is 0.0697. The molecule has 0 spiro atoms. The van der Waals surface area contributed by atoms with E-state index in [-0.39, 0.29) is 0 Å². The number of benzene rings is 1. The van der Waals surface area contributed by atoms with Gasteiger partial charge in [0.1, 0.15) is 6.73 Å². The topological polar surface area (TPSA) is 51.5 Å². The van der Waals surface area contributed by atoms with E-state index in [0.29, 0.717) is 18.2 Å². The molecule has 0 fully saturated rings. The van der Waals surface area contributed by atoms with E-state index in [1.807, 2.05) is 10.6 Å². The molecule has 0 unspecified atom stereocenters. The highest BCUT2D eigenvalue weighted by atomic mass is 16.5. The first-order valence-corrected chi connectivity index (χ1v) is 6.98. The van der Waals surface area contributed by atoms with Crippen LogP contribution in [0.25, 0.3) is 10.9 Å². The Morgan fingerprint density at radius 3 is 2.75 bits per heavy atom. The number of carboxylic acids is 1. The molecular weight excluding hydrogens is 254 g/mol. The molecule has 0 amide bonds. The van der Waals surface area contributed by atoms with Crippen molar-refractivity contribution in [2.24, 2.45) is 0 Å². The summed E-state index contributed by atoms with van der Waals surface area (Å²) in [6.45, 7) is 7.53. The number of ether oxygens (including phenoxy) is 1. The molecule has 4 heteroatoms. The minimum atomic E-state index is -0.892. The third-order valence-electron chi connectivity index (χ3n) is 3.36. The Labute approximate surface area is 119 Å². The van der Waals surface area contributed by atoms with Gasteiger partial charge in [0, 0.05) is 18.2 Å². The first-order valence-electron chi connectivity index (χ1n) is 6.98. The van der Waals surface area contributed by atoms with E-state index in [9.17, 15) is 4.79 Å². The van der Waals surface area contributed by atoms with Gasteiger partial charge in [-0.15, -0.1) is 0 Å². The normalized spacial score (nSPS) is 11.4. The minimum Gasteiger partial charge on any atom is -0.478 e. The number of carbonyl (C=O) groups is 1. The highest BCUT2D eigenvalue weighted by molar-refractivity contribution is 5.95. The predicted molar refractivity (Wildman–Crippen MR) is 79.2 cm³/mol. The number of hydrogen-bond donors (Lipinski definition) is 1. The van der Waals surface area contributed by atoms with Gasteiger partial charge in [0.15, 0.2) is 0 Å². The highest BCUT2D eigenvalue weighted by Crippen LogP contribution is 2.28. The molecule has 20 heavy (non-hydrogen) atoms. The van der Waals surface area contributed by atoms with Crippen LogP contribution in [0, 0.1) is 0 Å². The SMILES string of the molecule is CCCOCn1cc(C(C)C)c2cc(C(=O)O)ccc21. The van der Waals surface area contributed by atoms with Crippen molar-refractivity contribution in [3.8, 4) is 0 Å². The molecular formula is C16H21NO3. The summed E-state index contributed by atoms with van der Waals surface area (Å²) < 4.78 is 7.64. The smallest absolute Gasteiger partial charge is 0.335 e. The molecule has 0 radical (unpaired) electrons. The zero-order valence-electron chi connectivity index (χ0n) is 12.2. The van der Waals surface area contributed by atoms with Gasteiger partial charge in [-0.3, -0.25) is 0 Å². The van der Waals surface area contributed by atoms with Gasteiger partial charge in [0.2, 0.25) is 0 Å². The van der Waals surface area contributed by atoms with Gasteiger partial charge in [-0.25, -0.2) is 4.79 Å². The van der Waals surface area contributed by atoms with Gasteiger partial charge in [-0.2, -0.15) is 0 Å². The van der Waals surface area contributed by atoms with E-state index in [1.54, 1.807) is 12.1 Å². The van der Waals surface area contributed by atoms with Crippen LogP contribution in [-0.4, -0.2) is 22.2 Å². The van der Waals surface area contributed by atoms with Crippen LogP contribution in [0.3, 0.4) is 0 Å². The van der Waals surface area contributed by atoms with Gasteiger partial charge < -0.3 is 14.4 Å². The van der Waals surface area contributed by atoms with Gasteiger partial charge in [0.05, 0.1) is 11.1 Å². The molecule has 0 aliphatic carbocycles. The molecule has 4 nitrogen and oxygen atoms in total. The highest BCUT2D eigenvalue weighted by Gasteiger charge is 2.13. The third-order valence-corrected chi connectivity index (χ3v) is 3.36. The Hall–Kier alpha value is -1.81. The first kappa shape index (κ1) is 14.6. The number of rotatable bonds is 6. The second-order valence-corrected chi connectivity index (χ2v) is 5.28. The van der Waals surface area contributed by atoms with E-state index in [1.165, 1.54) is 0 Å². The summed E-state index contributed by atoms with van der Waals surface area (Å²) in [5, 5.41) is 10.1. The van der Waals surface area contributed by atoms with Crippen LogP contribution in [0.5, 0.6) is 0 Å². The van der Waals surface area contributed by atoms with E-state index in [4.69, 9.17) is 9.84 Å². The second kappa shape index (κ2) is 6.09. The summed E-state index contributed by atoms with van der Waals surface area (Å²) in [6, 6.07) is 5.26. The summed E-state index contributed by atoms with van der Waals surface area (Å²) in [5.74, 6) is -0.550. The average Bonchev–Trinajstić information content (AvgIpc) is 2.77. The molecule has 0 aliphatic heterocycles. The van der Waals surface area contributed by atoms with Gasteiger partial charge in [-0.1, -0.05) is 20.8 Å². The number of carboxylic acid groups (broad SMARTS) is 1. The Bertz CT molecular complexity index is 613. The maximum absolute atomic E-state index is 11.1. The molecule has 0 atom stereocenters. The van der Waals surface area contributed by atoms with E-state index in [0.717, 1.165) is 29.5 Å². The van der Waals surface area contributed by atoms with E-state index >= 15 is 0 Å². The lowest BCUT2D eigenvalue weighted by atomic mass is 10.0. The van der Waals surface area contributed by atoms with Crippen LogP contribution in [0.1, 0.15) is 49.0 Å². The Balaban J connectivity index is 2.47. The van der Waals surface area contributed by atoms with Crippen molar-refractivity contribution in [1.82, 2.24) is 4.57 Å². The second-order valence-electron chi connectivity index (χ2n) is 5.28. The van der Waals surface area contributed by atoms with Crippen molar-refractivity contribution in [2.45, 2.75) is 39.8 Å². The standard InChI is InChI=1S/C16H21NO3/c1-4-7-20-10-17-9-14(11(2)3)13-8-12(16(18)19)5-6-15(13)17/h5-6,8-9,11H,4,7,10H2,1-3H3,(H,18,19). The maximum Gasteiger partial charge on any atom is 0.335 e. The number of nitrogens with zero attached hydrogens (tertiary/aromatic N) is 1. The van der Waals surface area contributed by atoms with Gasteiger partial charge in [-0.05, 0) is 36.1 Å². The fourth-order valence-electron chi connectivity index (χ4n) is 2.33. The summed E-state index contributed by atoms with van der Waals surface area (Å²) in [5.41, 5.74) is 2.50. The fraction of sp³-hybridized carbons (Fsp3) is 0.438. The molecule has 1 N–H and O–H groups in total. The monoisotopic (exact) mass is 275 g/mol. The molecule has 0 aliphatic rings. The summed E-state index contributed by atoms with van der Waals surface area (Å²) in [4.78, 5) is 11.1. The summed E-state index contributed by atoms with van der Waals surface area (Å²) in [7, 11) is 0. The average molecular weight is 275 g/mol. The van der Waals surface area contributed by atoms with Crippen LogP contribution < -0.4 is 0 Å².